The van der Waals surface area contributed by atoms with E-state index in [2.05, 4.69) is 31.8 Å². The van der Waals surface area contributed by atoms with E-state index in [1.165, 1.54) is 10.5 Å². The predicted molar refractivity (Wildman–Crippen MR) is 138 cm³/mol. The maximum absolute atomic E-state index is 13.2. The van der Waals surface area contributed by atoms with Gasteiger partial charge in [-0.05, 0) is 43.9 Å². The second-order valence-corrected chi connectivity index (χ2v) is 11.7. The Bertz CT molecular complexity index is 1400. The molecule has 1 atom stereocenters. The first kappa shape index (κ1) is 25.1. The van der Waals surface area contributed by atoms with E-state index in [9.17, 15) is 13.7 Å². The number of aryl methyl sites for hydroxylation is 1. The van der Waals surface area contributed by atoms with Gasteiger partial charge < -0.3 is 15.4 Å². The summed E-state index contributed by atoms with van der Waals surface area (Å²) in [5.41, 5.74) is 1.94. The summed E-state index contributed by atoms with van der Waals surface area (Å²) in [4.78, 5) is 9.12. The van der Waals surface area contributed by atoms with E-state index in [1.807, 2.05) is 32.3 Å². The molecule has 0 aliphatic carbocycles. The average Bonchev–Trinajstić information content (AvgIpc) is 3.53. The molecule has 2 aliphatic rings. The van der Waals surface area contributed by atoms with Crippen molar-refractivity contribution < 1.29 is 13.2 Å². The van der Waals surface area contributed by atoms with Crippen LogP contribution in [0.4, 0.5) is 11.8 Å². The molecule has 2 fully saturated rings. The molecule has 0 amide bonds. The van der Waals surface area contributed by atoms with Gasteiger partial charge in [-0.15, -0.1) is 0 Å². The molecule has 37 heavy (non-hydrogen) atoms. The van der Waals surface area contributed by atoms with Gasteiger partial charge in [0.05, 0.1) is 29.4 Å². The summed E-state index contributed by atoms with van der Waals surface area (Å²) in [7, 11) is -1.75. The Morgan fingerprint density at radius 3 is 2.54 bits per heavy atom. The van der Waals surface area contributed by atoms with Gasteiger partial charge in [-0.3, -0.25) is 4.68 Å². The molecular weight excluding hydrogens is 492 g/mol. The van der Waals surface area contributed by atoms with Gasteiger partial charge in [0, 0.05) is 44.5 Å². The number of anilines is 2. The monoisotopic (exact) mass is 522 g/mol. The number of sulfonamides is 1. The average molecular weight is 523 g/mol. The van der Waals surface area contributed by atoms with Crippen molar-refractivity contribution in [2.45, 2.75) is 42.7 Å². The molecule has 2 saturated heterocycles. The van der Waals surface area contributed by atoms with Crippen LogP contribution in [0.2, 0.25) is 0 Å². The van der Waals surface area contributed by atoms with E-state index in [-0.39, 0.29) is 16.5 Å². The molecule has 0 spiro atoms. The quantitative estimate of drug-likeness (QED) is 0.479. The lowest BCUT2D eigenvalue weighted by Crippen LogP contribution is -2.42. The van der Waals surface area contributed by atoms with Crippen LogP contribution in [0.1, 0.15) is 31.7 Å². The molecule has 4 heterocycles. The SMILES string of the molecule is Cn1cc(-c2ccc(S(=O)(=O)N3CCC(Nc4ncc(C#N)c(NC5(C)CCOC5)n4)CC3)cc2)cn1. The van der Waals surface area contributed by atoms with Crippen LogP contribution in [-0.2, 0) is 21.8 Å². The Kier molecular flexibility index (Phi) is 6.85. The van der Waals surface area contributed by atoms with Crippen LogP contribution in [0.25, 0.3) is 11.1 Å². The first-order valence-corrected chi connectivity index (χ1v) is 13.7. The van der Waals surface area contributed by atoms with Crippen LogP contribution in [0.15, 0.2) is 47.8 Å². The minimum atomic E-state index is -3.59. The number of rotatable bonds is 7. The van der Waals surface area contributed by atoms with Gasteiger partial charge in [0.1, 0.15) is 17.5 Å². The number of nitrogens with zero attached hydrogens (tertiary/aromatic N) is 6. The number of ether oxygens (including phenoxy) is 1. The van der Waals surface area contributed by atoms with Gasteiger partial charge in [-0.1, -0.05) is 12.1 Å². The molecule has 194 valence electrons. The molecule has 1 unspecified atom stereocenters. The third-order valence-electron chi connectivity index (χ3n) is 6.87. The summed E-state index contributed by atoms with van der Waals surface area (Å²) in [5, 5.41) is 20.3. The zero-order valence-electron chi connectivity index (χ0n) is 20.9. The minimum absolute atomic E-state index is 0.0191. The highest BCUT2D eigenvalue weighted by molar-refractivity contribution is 7.89. The van der Waals surface area contributed by atoms with Crippen LogP contribution in [0.5, 0.6) is 0 Å². The van der Waals surface area contributed by atoms with Crippen molar-refractivity contribution in [2.24, 2.45) is 7.05 Å². The van der Waals surface area contributed by atoms with Gasteiger partial charge in [0.25, 0.3) is 0 Å². The molecular formula is C25H30N8O3S. The normalized spacial score (nSPS) is 21.0. The smallest absolute Gasteiger partial charge is 0.243 e. The molecule has 2 aliphatic heterocycles. The standard InChI is InChI=1S/C25H30N8O3S/c1-25(9-12-36-17-25)31-23-19(13-26)14-27-24(30-23)29-21-7-10-33(11-8-21)37(34,35)22-5-3-18(4-6-22)20-15-28-32(2)16-20/h3-6,14-16,21H,7-12,17H2,1-2H3,(H2,27,29,30,31). The topological polar surface area (TPSA) is 138 Å². The van der Waals surface area contributed by atoms with E-state index < -0.39 is 10.0 Å². The lowest BCUT2D eigenvalue weighted by Gasteiger charge is -2.32. The van der Waals surface area contributed by atoms with Crippen molar-refractivity contribution in [3.05, 3.63) is 48.4 Å². The summed E-state index contributed by atoms with van der Waals surface area (Å²) in [6.45, 7) is 4.03. The van der Waals surface area contributed by atoms with Crippen molar-refractivity contribution in [1.29, 1.82) is 5.26 Å². The van der Waals surface area contributed by atoms with Crippen molar-refractivity contribution in [1.82, 2.24) is 24.1 Å². The highest BCUT2D eigenvalue weighted by Crippen LogP contribution is 2.27. The van der Waals surface area contributed by atoms with E-state index in [0.29, 0.717) is 56.5 Å². The minimum Gasteiger partial charge on any atom is -0.379 e. The third-order valence-corrected chi connectivity index (χ3v) is 8.78. The number of benzene rings is 1. The number of hydrogen-bond acceptors (Lipinski definition) is 9. The molecule has 1 aromatic carbocycles. The van der Waals surface area contributed by atoms with Crippen LogP contribution >= 0.6 is 0 Å². The van der Waals surface area contributed by atoms with Crippen LogP contribution < -0.4 is 10.6 Å². The van der Waals surface area contributed by atoms with Crippen molar-refractivity contribution in [3.63, 3.8) is 0 Å². The molecule has 11 nitrogen and oxygen atoms in total. The zero-order chi connectivity index (χ0) is 26.0. The Labute approximate surface area is 216 Å². The fourth-order valence-corrected chi connectivity index (χ4v) is 6.11. The van der Waals surface area contributed by atoms with Crippen molar-refractivity contribution >= 4 is 21.8 Å². The first-order valence-electron chi connectivity index (χ1n) is 12.2. The number of piperidine rings is 1. The fourth-order valence-electron chi connectivity index (χ4n) is 4.64. The number of aromatic nitrogens is 4. The van der Waals surface area contributed by atoms with E-state index in [0.717, 1.165) is 17.5 Å². The molecule has 0 radical (unpaired) electrons. The lowest BCUT2D eigenvalue weighted by atomic mass is 10.0. The van der Waals surface area contributed by atoms with Crippen molar-refractivity contribution in [2.75, 3.05) is 36.9 Å². The van der Waals surface area contributed by atoms with Gasteiger partial charge >= 0.3 is 0 Å². The number of hydrogen-bond donors (Lipinski definition) is 2. The van der Waals surface area contributed by atoms with Gasteiger partial charge in [0.15, 0.2) is 0 Å². The van der Waals surface area contributed by atoms with Crippen LogP contribution in [0.3, 0.4) is 0 Å². The Balaban J connectivity index is 1.21. The van der Waals surface area contributed by atoms with E-state index >= 15 is 0 Å². The summed E-state index contributed by atoms with van der Waals surface area (Å²) >= 11 is 0. The van der Waals surface area contributed by atoms with Gasteiger partial charge in [-0.2, -0.15) is 19.6 Å². The number of nitrogens with one attached hydrogen (secondary N) is 2. The molecule has 2 aromatic heterocycles. The Morgan fingerprint density at radius 2 is 1.92 bits per heavy atom. The largest absolute Gasteiger partial charge is 0.379 e. The molecule has 2 N–H and O–H groups in total. The second-order valence-electron chi connectivity index (χ2n) is 9.81. The molecule has 0 bridgehead atoms. The summed E-state index contributed by atoms with van der Waals surface area (Å²) < 4.78 is 35.2. The van der Waals surface area contributed by atoms with Crippen molar-refractivity contribution in [3.8, 4) is 17.2 Å². The lowest BCUT2D eigenvalue weighted by molar-refractivity contribution is 0.185. The maximum atomic E-state index is 13.2. The van der Waals surface area contributed by atoms with Gasteiger partial charge in [0.2, 0.25) is 16.0 Å². The highest BCUT2D eigenvalue weighted by atomic mass is 32.2. The van der Waals surface area contributed by atoms with Crippen LogP contribution in [0, 0.1) is 11.3 Å². The fraction of sp³-hybridized carbons (Fsp3) is 0.440. The Hall–Kier alpha value is -3.53. The second kappa shape index (κ2) is 10.1. The zero-order valence-corrected chi connectivity index (χ0v) is 21.7. The highest BCUT2D eigenvalue weighted by Gasteiger charge is 2.32. The Morgan fingerprint density at radius 1 is 1.16 bits per heavy atom. The maximum Gasteiger partial charge on any atom is 0.243 e. The first-order chi connectivity index (χ1) is 17.8. The summed E-state index contributed by atoms with van der Waals surface area (Å²) in [6.07, 6.45) is 7.20. The third kappa shape index (κ3) is 5.44. The number of nitriles is 1. The van der Waals surface area contributed by atoms with E-state index in [1.54, 1.807) is 23.0 Å². The molecule has 0 saturated carbocycles. The summed E-state index contributed by atoms with van der Waals surface area (Å²) in [6, 6.07) is 9.07. The van der Waals surface area contributed by atoms with Gasteiger partial charge in [-0.25, -0.2) is 13.4 Å². The molecule has 3 aromatic rings. The van der Waals surface area contributed by atoms with Crippen LogP contribution in [-0.4, -0.2) is 70.4 Å². The molecule has 12 heteroatoms. The molecule has 5 rings (SSSR count). The predicted octanol–water partition coefficient (Wildman–Crippen LogP) is 2.60. The summed E-state index contributed by atoms with van der Waals surface area (Å²) in [5.74, 6) is 0.888. The van der Waals surface area contributed by atoms with E-state index in [4.69, 9.17) is 4.74 Å².